The van der Waals surface area contributed by atoms with Crippen LogP contribution in [-0.4, -0.2) is 24.3 Å². The summed E-state index contributed by atoms with van der Waals surface area (Å²) in [5.74, 6) is -1.13. The molecule has 2 aliphatic rings. The lowest BCUT2D eigenvalue weighted by Gasteiger charge is -2.28. The van der Waals surface area contributed by atoms with Gasteiger partial charge in [0.1, 0.15) is 0 Å². The number of nitrogens with one attached hydrogen (secondary N) is 1. The van der Waals surface area contributed by atoms with E-state index < -0.39 is 11.9 Å². The molecule has 0 saturated heterocycles. The number of hydrogen-bond donors (Lipinski definition) is 1. The molecule has 0 aromatic heterocycles. The summed E-state index contributed by atoms with van der Waals surface area (Å²) in [7, 11) is 0. The summed E-state index contributed by atoms with van der Waals surface area (Å²) < 4.78 is 5.39. The molecule has 156 valence electrons. The van der Waals surface area contributed by atoms with Crippen LogP contribution in [0.2, 0.25) is 0 Å². The SMILES string of the molecule is C[C@H](NC(=O)COC(=O)[C@H]1[C@H]2CC[C@@H](C2)[C@@H]1C(=O)c1ccccc1)c1ccccc1. The first kappa shape index (κ1) is 20.3. The minimum atomic E-state index is -0.448. The molecule has 30 heavy (non-hydrogen) atoms. The van der Waals surface area contributed by atoms with Crippen LogP contribution in [0.3, 0.4) is 0 Å². The summed E-state index contributed by atoms with van der Waals surface area (Å²) in [6, 6.07) is 18.6. The lowest BCUT2D eigenvalue weighted by Crippen LogP contribution is -2.38. The van der Waals surface area contributed by atoms with Gasteiger partial charge in [-0.2, -0.15) is 0 Å². The van der Waals surface area contributed by atoms with Crippen molar-refractivity contribution in [1.82, 2.24) is 5.32 Å². The van der Waals surface area contributed by atoms with Crippen LogP contribution in [0.25, 0.3) is 0 Å². The lowest BCUT2D eigenvalue weighted by atomic mass is 9.75. The number of carbonyl (C=O) groups is 3. The molecule has 0 spiro atoms. The van der Waals surface area contributed by atoms with Gasteiger partial charge >= 0.3 is 5.97 Å². The molecule has 4 rings (SSSR count). The van der Waals surface area contributed by atoms with E-state index in [1.165, 1.54) is 0 Å². The van der Waals surface area contributed by atoms with E-state index in [1.807, 2.05) is 55.5 Å². The second kappa shape index (κ2) is 8.82. The smallest absolute Gasteiger partial charge is 0.310 e. The highest BCUT2D eigenvalue weighted by molar-refractivity contribution is 6.01. The number of benzene rings is 2. The van der Waals surface area contributed by atoms with Gasteiger partial charge in [-0.15, -0.1) is 0 Å². The number of Topliss-reactive ketones (excluding diaryl/α,β-unsaturated/α-hetero) is 1. The molecule has 0 aliphatic heterocycles. The van der Waals surface area contributed by atoms with Crippen LogP contribution in [0.1, 0.15) is 48.1 Å². The number of carbonyl (C=O) groups excluding carboxylic acids is 3. The largest absolute Gasteiger partial charge is 0.455 e. The van der Waals surface area contributed by atoms with E-state index in [2.05, 4.69) is 5.32 Å². The van der Waals surface area contributed by atoms with Crippen LogP contribution >= 0.6 is 0 Å². The first-order chi connectivity index (χ1) is 14.5. The summed E-state index contributed by atoms with van der Waals surface area (Å²) in [4.78, 5) is 38.3. The van der Waals surface area contributed by atoms with Crippen molar-refractivity contribution < 1.29 is 19.1 Å². The average molecular weight is 405 g/mol. The first-order valence-corrected chi connectivity index (χ1v) is 10.6. The highest BCUT2D eigenvalue weighted by atomic mass is 16.5. The van der Waals surface area contributed by atoms with Crippen molar-refractivity contribution in [2.24, 2.45) is 23.7 Å². The van der Waals surface area contributed by atoms with Crippen LogP contribution in [0, 0.1) is 23.7 Å². The van der Waals surface area contributed by atoms with Crippen LogP contribution in [0.15, 0.2) is 60.7 Å². The quantitative estimate of drug-likeness (QED) is 0.559. The van der Waals surface area contributed by atoms with E-state index in [0.29, 0.717) is 5.56 Å². The summed E-state index contributed by atoms with van der Waals surface area (Å²) in [6.45, 7) is 1.57. The third-order valence-electron chi connectivity index (χ3n) is 6.57. The molecular formula is C25H27NO4. The fourth-order valence-corrected chi connectivity index (χ4v) is 5.14. The maximum absolute atomic E-state index is 13.1. The summed E-state index contributed by atoms with van der Waals surface area (Å²) in [6.07, 6.45) is 2.81. The molecule has 1 N–H and O–H groups in total. The molecule has 2 fully saturated rings. The Morgan fingerprint density at radius 3 is 2.20 bits per heavy atom. The Morgan fingerprint density at radius 2 is 1.53 bits per heavy atom. The van der Waals surface area contributed by atoms with Gasteiger partial charge in [0.05, 0.1) is 12.0 Å². The predicted octanol–water partition coefficient (Wildman–Crippen LogP) is 3.95. The number of hydrogen-bond acceptors (Lipinski definition) is 4. The molecule has 2 saturated carbocycles. The van der Waals surface area contributed by atoms with Crippen molar-refractivity contribution in [3.05, 3.63) is 71.8 Å². The van der Waals surface area contributed by atoms with E-state index in [0.717, 1.165) is 24.8 Å². The molecule has 2 aromatic rings. The number of rotatable bonds is 7. The molecule has 2 bridgehead atoms. The van der Waals surface area contributed by atoms with Gasteiger partial charge in [-0.05, 0) is 43.6 Å². The summed E-state index contributed by atoms with van der Waals surface area (Å²) in [5.41, 5.74) is 1.63. The third kappa shape index (κ3) is 4.16. The highest BCUT2D eigenvalue weighted by Gasteiger charge is 2.54. The van der Waals surface area contributed by atoms with Crippen LogP contribution in [0.4, 0.5) is 0 Å². The zero-order valence-electron chi connectivity index (χ0n) is 17.1. The molecule has 5 atom stereocenters. The number of ketones is 1. The molecule has 0 unspecified atom stereocenters. The molecule has 5 heteroatoms. The van der Waals surface area contributed by atoms with E-state index in [9.17, 15) is 14.4 Å². The number of fused-ring (bicyclic) bond motifs is 2. The Bertz CT molecular complexity index is 911. The molecule has 0 radical (unpaired) electrons. The first-order valence-electron chi connectivity index (χ1n) is 10.6. The topological polar surface area (TPSA) is 72.5 Å². The molecule has 2 aromatic carbocycles. The second-order valence-corrected chi connectivity index (χ2v) is 8.42. The van der Waals surface area contributed by atoms with Crippen LogP contribution in [-0.2, 0) is 14.3 Å². The van der Waals surface area contributed by atoms with Crippen molar-refractivity contribution in [2.75, 3.05) is 6.61 Å². The fraction of sp³-hybridized carbons (Fsp3) is 0.400. The van der Waals surface area contributed by atoms with E-state index in [-0.39, 0.29) is 42.1 Å². The predicted molar refractivity (Wildman–Crippen MR) is 113 cm³/mol. The Morgan fingerprint density at radius 1 is 0.933 bits per heavy atom. The Hall–Kier alpha value is -2.95. The lowest BCUT2D eigenvalue weighted by molar-refractivity contribution is -0.155. The minimum Gasteiger partial charge on any atom is -0.455 e. The summed E-state index contributed by atoms with van der Waals surface area (Å²) in [5, 5.41) is 2.85. The van der Waals surface area contributed by atoms with Gasteiger partial charge < -0.3 is 10.1 Å². The Balaban J connectivity index is 1.37. The number of amides is 1. The molecule has 0 heterocycles. The Labute approximate surface area is 176 Å². The zero-order valence-corrected chi connectivity index (χ0v) is 17.1. The number of esters is 1. The van der Waals surface area contributed by atoms with Crippen molar-refractivity contribution in [3.8, 4) is 0 Å². The maximum Gasteiger partial charge on any atom is 0.310 e. The summed E-state index contributed by atoms with van der Waals surface area (Å²) >= 11 is 0. The van der Waals surface area contributed by atoms with E-state index in [1.54, 1.807) is 12.1 Å². The highest BCUT2D eigenvalue weighted by Crippen LogP contribution is 2.53. The Kier molecular flexibility index (Phi) is 5.98. The van der Waals surface area contributed by atoms with Crippen molar-refractivity contribution in [2.45, 2.75) is 32.2 Å². The molecule has 5 nitrogen and oxygen atoms in total. The van der Waals surface area contributed by atoms with Crippen molar-refractivity contribution >= 4 is 17.7 Å². The van der Waals surface area contributed by atoms with E-state index in [4.69, 9.17) is 4.74 Å². The van der Waals surface area contributed by atoms with Crippen molar-refractivity contribution in [1.29, 1.82) is 0 Å². The third-order valence-corrected chi connectivity index (χ3v) is 6.57. The normalized spacial score (nSPS) is 25.5. The molecular weight excluding hydrogens is 378 g/mol. The van der Waals surface area contributed by atoms with Gasteiger partial charge in [0.15, 0.2) is 12.4 Å². The standard InChI is InChI=1S/C25H27NO4/c1-16(17-8-4-2-5-9-17)26-21(27)15-30-25(29)23-20-13-12-19(14-20)22(23)24(28)18-10-6-3-7-11-18/h2-11,16,19-20,22-23H,12-15H2,1H3,(H,26,27)/t16-,19-,20-,22-,23-/m0/s1. The van der Waals surface area contributed by atoms with Crippen LogP contribution in [0.5, 0.6) is 0 Å². The van der Waals surface area contributed by atoms with Gasteiger partial charge in [-0.3, -0.25) is 14.4 Å². The van der Waals surface area contributed by atoms with Crippen LogP contribution < -0.4 is 5.32 Å². The molecule has 1 amide bonds. The minimum absolute atomic E-state index is 0.0203. The van der Waals surface area contributed by atoms with Gasteiger partial charge in [0.2, 0.25) is 0 Å². The van der Waals surface area contributed by atoms with E-state index >= 15 is 0 Å². The fourth-order valence-electron chi connectivity index (χ4n) is 5.14. The van der Waals surface area contributed by atoms with Gasteiger partial charge in [-0.1, -0.05) is 60.7 Å². The average Bonchev–Trinajstić information content (AvgIpc) is 3.40. The van der Waals surface area contributed by atoms with Gasteiger partial charge in [-0.25, -0.2) is 0 Å². The van der Waals surface area contributed by atoms with Gasteiger partial charge in [0.25, 0.3) is 5.91 Å². The maximum atomic E-state index is 13.1. The van der Waals surface area contributed by atoms with Crippen molar-refractivity contribution in [3.63, 3.8) is 0 Å². The monoisotopic (exact) mass is 405 g/mol. The second-order valence-electron chi connectivity index (χ2n) is 8.42. The van der Waals surface area contributed by atoms with Gasteiger partial charge in [0, 0.05) is 11.5 Å². The number of ether oxygens (including phenoxy) is 1. The zero-order chi connectivity index (χ0) is 21.1. The molecule has 2 aliphatic carbocycles.